The van der Waals surface area contributed by atoms with E-state index in [1.807, 2.05) is 0 Å². The first-order valence-electron chi connectivity index (χ1n) is 8.07. The number of carbonyl (C=O) groups excluding carboxylic acids is 1. The monoisotopic (exact) mass is 367 g/mol. The van der Waals surface area contributed by atoms with E-state index in [1.165, 1.54) is 24.1 Å². The van der Waals surface area contributed by atoms with Crippen LogP contribution in [0.5, 0.6) is 0 Å². The lowest BCUT2D eigenvalue weighted by Gasteiger charge is -2.59. The van der Waals surface area contributed by atoms with Crippen LogP contribution >= 0.6 is 27.3 Å². The van der Waals surface area contributed by atoms with Gasteiger partial charge in [0.15, 0.2) is 0 Å². The van der Waals surface area contributed by atoms with E-state index < -0.39 is 0 Å². The highest BCUT2D eigenvalue weighted by molar-refractivity contribution is 9.10. The molecule has 0 spiro atoms. The van der Waals surface area contributed by atoms with E-state index in [-0.39, 0.29) is 9.74 Å². The fourth-order valence-electron chi connectivity index (χ4n) is 5.36. The summed E-state index contributed by atoms with van der Waals surface area (Å²) in [6.45, 7) is 0.783. The minimum atomic E-state index is -0.0664. The molecule has 0 saturated heterocycles. The molecular weight excluding hydrogens is 346 g/mol. The zero-order valence-corrected chi connectivity index (χ0v) is 14.6. The van der Waals surface area contributed by atoms with Gasteiger partial charge in [-0.15, -0.1) is 11.3 Å². The molecule has 21 heavy (non-hydrogen) atoms. The molecule has 2 unspecified atom stereocenters. The zero-order chi connectivity index (χ0) is 14.5. The molecule has 4 saturated carbocycles. The van der Waals surface area contributed by atoms with E-state index in [0.717, 1.165) is 44.1 Å². The first-order valence-corrected chi connectivity index (χ1v) is 9.74. The number of alkyl halides is 1. The van der Waals surface area contributed by atoms with Gasteiger partial charge in [-0.3, -0.25) is 4.79 Å². The van der Waals surface area contributed by atoms with Crippen LogP contribution in [0, 0.1) is 17.3 Å². The molecule has 1 N–H and O–H groups in total. The highest BCUT2D eigenvalue weighted by Crippen LogP contribution is 2.64. The van der Waals surface area contributed by atoms with Crippen LogP contribution in [0.2, 0.25) is 0 Å². The minimum Gasteiger partial charge on any atom is -0.355 e. The normalized spacial score (nSPS) is 40.4. The molecule has 0 aliphatic heterocycles. The third kappa shape index (κ3) is 2.59. The Hall–Kier alpha value is -0.350. The molecule has 1 amide bonds. The van der Waals surface area contributed by atoms with Gasteiger partial charge in [0.2, 0.25) is 5.91 Å². The Balaban J connectivity index is 1.42. The van der Waals surface area contributed by atoms with Gasteiger partial charge < -0.3 is 5.32 Å². The van der Waals surface area contributed by atoms with Gasteiger partial charge in [0.25, 0.3) is 0 Å². The van der Waals surface area contributed by atoms with Crippen molar-refractivity contribution in [1.82, 2.24) is 5.32 Å². The van der Waals surface area contributed by atoms with Crippen LogP contribution in [0.4, 0.5) is 0 Å². The predicted molar refractivity (Wildman–Crippen MR) is 89.8 cm³/mol. The van der Waals surface area contributed by atoms with Crippen molar-refractivity contribution in [2.75, 3.05) is 6.54 Å². The smallest absolute Gasteiger partial charge is 0.226 e. The van der Waals surface area contributed by atoms with Gasteiger partial charge in [0.05, 0.1) is 5.41 Å². The molecule has 5 rings (SSSR count). The summed E-state index contributed by atoms with van der Waals surface area (Å²) in [5.41, 5.74) is -0.0664. The van der Waals surface area contributed by atoms with Gasteiger partial charge in [-0.05, 0) is 68.2 Å². The maximum Gasteiger partial charge on any atom is 0.226 e. The number of thiophene rings is 1. The van der Waals surface area contributed by atoms with Crippen LogP contribution in [0.25, 0.3) is 0 Å². The van der Waals surface area contributed by atoms with Gasteiger partial charge >= 0.3 is 0 Å². The summed E-state index contributed by atoms with van der Waals surface area (Å²) >= 11 is 5.76. The number of hydrogen-bond donors (Lipinski definition) is 1. The van der Waals surface area contributed by atoms with E-state index >= 15 is 0 Å². The molecule has 2 atom stereocenters. The van der Waals surface area contributed by atoms with Crippen molar-refractivity contribution in [1.29, 1.82) is 0 Å². The molecule has 4 aliphatic carbocycles. The fourth-order valence-corrected chi connectivity index (χ4v) is 7.52. The second-order valence-corrected chi connectivity index (χ2v) is 10.2. The van der Waals surface area contributed by atoms with Crippen LogP contribution in [0.3, 0.4) is 0 Å². The second kappa shape index (κ2) is 5.09. The Morgan fingerprint density at radius 2 is 2.10 bits per heavy atom. The summed E-state index contributed by atoms with van der Waals surface area (Å²) in [6.07, 6.45) is 8.20. The van der Waals surface area contributed by atoms with Crippen LogP contribution in [-0.2, 0) is 11.2 Å². The Morgan fingerprint density at radius 1 is 1.33 bits per heavy atom. The molecule has 1 aromatic heterocycles. The number of nitrogens with one attached hydrogen (secondary N) is 1. The quantitative estimate of drug-likeness (QED) is 0.796. The summed E-state index contributed by atoms with van der Waals surface area (Å²) in [5, 5.41) is 5.34. The lowest BCUT2D eigenvalue weighted by molar-refractivity contribution is -0.143. The average Bonchev–Trinajstić information content (AvgIpc) is 2.88. The summed E-state index contributed by atoms with van der Waals surface area (Å²) in [4.78, 5) is 14.2. The third-order valence-corrected chi connectivity index (χ3v) is 7.57. The maximum atomic E-state index is 12.8. The highest BCUT2D eigenvalue weighted by atomic mass is 79.9. The molecule has 0 radical (unpaired) electrons. The summed E-state index contributed by atoms with van der Waals surface area (Å²) in [5.74, 6) is 1.87. The van der Waals surface area contributed by atoms with E-state index in [2.05, 4.69) is 38.8 Å². The number of halogens is 1. The summed E-state index contributed by atoms with van der Waals surface area (Å²) < 4.78 is 0.266. The van der Waals surface area contributed by atoms with Crippen molar-refractivity contribution in [3.8, 4) is 0 Å². The SMILES string of the molecule is O=C(NCCc1cccs1)C12CC3CC(CC(Br)(C3)C1)C2. The van der Waals surface area contributed by atoms with E-state index in [9.17, 15) is 4.79 Å². The fraction of sp³-hybridized carbons (Fsp3) is 0.706. The van der Waals surface area contributed by atoms with Crippen LogP contribution < -0.4 is 5.32 Å². The van der Waals surface area contributed by atoms with Crippen molar-refractivity contribution in [3.63, 3.8) is 0 Å². The van der Waals surface area contributed by atoms with Gasteiger partial charge in [0, 0.05) is 15.7 Å². The minimum absolute atomic E-state index is 0.0664. The Bertz CT molecular complexity index is 527. The van der Waals surface area contributed by atoms with E-state index in [4.69, 9.17) is 0 Å². The van der Waals surface area contributed by atoms with Gasteiger partial charge in [-0.2, -0.15) is 0 Å². The van der Waals surface area contributed by atoms with Crippen molar-refractivity contribution in [2.45, 2.75) is 49.3 Å². The first-order chi connectivity index (χ1) is 10.1. The molecule has 1 heterocycles. The molecular formula is C17H22BrNOS. The number of rotatable bonds is 4. The summed E-state index contributed by atoms with van der Waals surface area (Å²) in [7, 11) is 0. The van der Waals surface area contributed by atoms with Gasteiger partial charge in [0.1, 0.15) is 0 Å². The second-order valence-electron chi connectivity index (χ2n) is 7.48. The first kappa shape index (κ1) is 14.3. The van der Waals surface area contributed by atoms with Crippen molar-refractivity contribution >= 4 is 33.2 Å². The lowest BCUT2D eigenvalue weighted by Crippen LogP contribution is -2.58. The van der Waals surface area contributed by atoms with Crippen LogP contribution in [0.1, 0.15) is 43.4 Å². The number of carbonyl (C=O) groups is 1. The molecule has 4 fully saturated rings. The Labute approximate surface area is 138 Å². The van der Waals surface area contributed by atoms with Gasteiger partial charge in [-0.1, -0.05) is 22.0 Å². The van der Waals surface area contributed by atoms with Crippen molar-refractivity contribution in [3.05, 3.63) is 22.4 Å². The van der Waals surface area contributed by atoms with Gasteiger partial charge in [-0.25, -0.2) is 0 Å². The van der Waals surface area contributed by atoms with E-state index in [1.54, 1.807) is 11.3 Å². The Morgan fingerprint density at radius 3 is 2.71 bits per heavy atom. The maximum absolute atomic E-state index is 12.8. The topological polar surface area (TPSA) is 29.1 Å². The largest absolute Gasteiger partial charge is 0.355 e. The standard InChI is InChI=1S/C17H22BrNOS/c18-17-9-12-6-13(10-17)8-16(7-12,11-17)15(20)19-4-3-14-2-1-5-21-14/h1-2,5,12-13H,3-4,6-11H2,(H,19,20). The summed E-state index contributed by atoms with van der Waals surface area (Å²) in [6, 6.07) is 4.23. The van der Waals surface area contributed by atoms with Crippen molar-refractivity contribution < 1.29 is 4.79 Å². The zero-order valence-electron chi connectivity index (χ0n) is 12.2. The molecule has 1 aromatic rings. The predicted octanol–water partition coefficient (Wildman–Crippen LogP) is 4.14. The average molecular weight is 368 g/mol. The van der Waals surface area contributed by atoms with Crippen LogP contribution in [0.15, 0.2) is 17.5 Å². The highest BCUT2D eigenvalue weighted by Gasteiger charge is 2.59. The molecule has 0 aromatic carbocycles. The third-order valence-electron chi connectivity index (χ3n) is 5.71. The Kier molecular flexibility index (Phi) is 3.45. The number of amides is 1. The molecule has 4 bridgehead atoms. The van der Waals surface area contributed by atoms with Crippen molar-refractivity contribution in [2.24, 2.45) is 17.3 Å². The molecule has 4 heteroatoms. The van der Waals surface area contributed by atoms with E-state index in [0.29, 0.717) is 5.91 Å². The van der Waals surface area contributed by atoms with Crippen LogP contribution in [-0.4, -0.2) is 16.8 Å². The number of hydrogen-bond acceptors (Lipinski definition) is 2. The lowest BCUT2D eigenvalue weighted by atomic mass is 9.49. The molecule has 2 nitrogen and oxygen atoms in total. The molecule has 114 valence electrons. The molecule has 4 aliphatic rings.